The number of rotatable bonds is 3. The van der Waals surface area contributed by atoms with Gasteiger partial charge in [-0.05, 0) is 54.4 Å². The van der Waals surface area contributed by atoms with E-state index >= 15 is 0 Å². The standard InChI is InChI=1S/C16H15BCl2/c18-15-7-5-13(16(19)9-15)10-17-14-6-4-11-2-1-3-12(11)8-14/h4-9,17H,1-3,10H2. The molecule has 0 amide bonds. The minimum atomic E-state index is 0.700. The van der Waals surface area contributed by atoms with Crippen molar-refractivity contribution in [3.05, 3.63) is 63.1 Å². The summed E-state index contributed by atoms with van der Waals surface area (Å²) in [5, 5.41) is 1.47. The maximum atomic E-state index is 6.21. The number of benzene rings is 2. The normalized spacial score (nSPS) is 13.4. The first-order valence-electron chi connectivity index (χ1n) is 6.77. The number of aryl methyl sites for hydroxylation is 2. The molecular weight excluding hydrogens is 274 g/mol. The van der Waals surface area contributed by atoms with E-state index in [1.807, 2.05) is 18.2 Å². The van der Waals surface area contributed by atoms with E-state index < -0.39 is 0 Å². The zero-order valence-electron chi connectivity index (χ0n) is 10.8. The second-order valence-corrected chi connectivity index (χ2v) is 6.04. The molecule has 0 fully saturated rings. The highest BCUT2D eigenvalue weighted by Gasteiger charge is 2.11. The zero-order valence-corrected chi connectivity index (χ0v) is 12.3. The summed E-state index contributed by atoms with van der Waals surface area (Å²) >= 11 is 12.1. The fraction of sp³-hybridized carbons (Fsp3) is 0.250. The second-order valence-electron chi connectivity index (χ2n) is 5.19. The van der Waals surface area contributed by atoms with Gasteiger partial charge in [0.15, 0.2) is 7.28 Å². The largest absolute Gasteiger partial charge is 0.162 e. The van der Waals surface area contributed by atoms with Crippen LogP contribution in [-0.4, -0.2) is 7.28 Å². The van der Waals surface area contributed by atoms with Crippen molar-refractivity contribution in [3.63, 3.8) is 0 Å². The Hall–Kier alpha value is -0.915. The average Bonchev–Trinajstić information content (AvgIpc) is 2.85. The molecule has 0 radical (unpaired) electrons. The highest BCUT2D eigenvalue weighted by Crippen LogP contribution is 2.22. The van der Waals surface area contributed by atoms with Gasteiger partial charge in [-0.1, -0.05) is 52.9 Å². The number of halogens is 2. The Balaban J connectivity index is 1.72. The van der Waals surface area contributed by atoms with Crippen LogP contribution >= 0.6 is 23.2 Å². The van der Waals surface area contributed by atoms with E-state index in [0.29, 0.717) is 5.02 Å². The minimum Gasteiger partial charge on any atom is -0.0843 e. The second kappa shape index (κ2) is 5.60. The van der Waals surface area contributed by atoms with Gasteiger partial charge in [0.05, 0.1) is 0 Å². The Morgan fingerprint density at radius 1 is 0.947 bits per heavy atom. The molecule has 96 valence electrons. The summed E-state index contributed by atoms with van der Waals surface area (Å²) < 4.78 is 0. The topological polar surface area (TPSA) is 0 Å². The monoisotopic (exact) mass is 288 g/mol. The summed E-state index contributed by atoms with van der Waals surface area (Å²) in [5.74, 6) is 0. The molecule has 0 aliphatic heterocycles. The van der Waals surface area contributed by atoms with Crippen molar-refractivity contribution in [1.82, 2.24) is 0 Å². The zero-order chi connectivity index (χ0) is 13.2. The molecule has 3 heteroatoms. The van der Waals surface area contributed by atoms with E-state index in [2.05, 4.69) is 18.2 Å². The summed E-state index contributed by atoms with van der Waals surface area (Å²) in [6.45, 7) is 0. The molecule has 0 spiro atoms. The Bertz CT molecular complexity index is 608. The van der Waals surface area contributed by atoms with Crippen LogP contribution in [0.4, 0.5) is 0 Å². The molecule has 3 rings (SSSR count). The predicted octanol–water partition coefficient (Wildman–Crippen LogP) is 3.74. The van der Waals surface area contributed by atoms with Crippen LogP contribution < -0.4 is 5.46 Å². The third kappa shape index (κ3) is 2.99. The van der Waals surface area contributed by atoms with Crippen molar-refractivity contribution in [2.45, 2.75) is 25.6 Å². The molecule has 0 nitrogen and oxygen atoms in total. The predicted molar refractivity (Wildman–Crippen MR) is 85.4 cm³/mol. The highest BCUT2D eigenvalue weighted by molar-refractivity contribution is 6.53. The molecule has 1 aliphatic rings. The van der Waals surface area contributed by atoms with E-state index in [9.17, 15) is 0 Å². The molecule has 0 unspecified atom stereocenters. The maximum absolute atomic E-state index is 6.21. The molecule has 19 heavy (non-hydrogen) atoms. The SMILES string of the molecule is Clc1ccc(CBc2ccc3c(c2)CCC3)c(Cl)c1. The minimum absolute atomic E-state index is 0.700. The van der Waals surface area contributed by atoms with Crippen LogP contribution in [0.5, 0.6) is 0 Å². The molecule has 0 saturated heterocycles. The van der Waals surface area contributed by atoms with E-state index in [1.54, 1.807) is 5.56 Å². The van der Waals surface area contributed by atoms with Gasteiger partial charge in [-0.3, -0.25) is 0 Å². The summed E-state index contributed by atoms with van der Waals surface area (Å²) in [7, 11) is 1.04. The number of hydrogen-bond acceptors (Lipinski definition) is 0. The van der Waals surface area contributed by atoms with Gasteiger partial charge in [-0.2, -0.15) is 0 Å². The van der Waals surface area contributed by atoms with Crippen molar-refractivity contribution >= 4 is 35.9 Å². The van der Waals surface area contributed by atoms with Gasteiger partial charge in [0.1, 0.15) is 0 Å². The third-order valence-corrected chi connectivity index (χ3v) is 4.45. The lowest BCUT2D eigenvalue weighted by atomic mass is 9.65. The van der Waals surface area contributed by atoms with Gasteiger partial charge in [-0.15, -0.1) is 0 Å². The van der Waals surface area contributed by atoms with Crippen molar-refractivity contribution in [2.24, 2.45) is 0 Å². The van der Waals surface area contributed by atoms with Gasteiger partial charge < -0.3 is 0 Å². The molecule has 2 aromatic carbocycles. The first kappa shape index (κ1) is 13.1. The first-order chi connectivity index (χ1) is 9.22. The van der Waals surface area contributed by atoms with Gasteiger partial charge in [-0.25, -0.2) is 0 Å². The Morgan fingerprint density at radius 2 is 1.79 bits per heavy atom. The van der Waals surface area contributed by atoms with E-state index in [4.69, 9.17) is 23.2 Å². The average molecular weight is 289 g/mol. The summed E-state index contributed by atoms with van der Waals surface area (Å²) in [4.78, 5) is 0. The lowest BCUT2D eigenvalue weighted by Crippen LogP contribution is -2.17. The number of hydrogen-bond donors (Lipinski definition) is 0. The molecular formula is C16H15BCl2. The van der Waals surface area contributed by atoms with Crippen LogP contribution in [0.2, 0.25) is 10.0 Å². The van der Waals surface area contributed by atoms with E-state index in [-0.39, 0.29) is 0 Å². The molecule has 0 aromatic heterocycles. The Labute approximate surface area is 125 Å². The highest BCUT2D eigenvalue weighted by atomic mass is 35.5. The van der Waals surface area contributed by atoms with Crippen molar-refractivity contribution in [1.29, 1.82) is 0 Å². The smallest absolute Gasteiger partial charge is 0.0843 e. The fourth-order valence-electron chi connectivity index (χ4n) is 2.78. The summed E-state index contributed by atoms with van der Waals surface area (Å²) in [5.41, 5.74) is 5.66. The van der Waals surface area contributed by atoms with Crippen molar-refractivity contribution in [2.75, 3.05) is 0 Å². The maximum Gasteiger partial charge on any atom is 0.162 e. The lowest BCUT2D eigenvalue weighted by Gasteiger charge is -2.06. The fourth-order valence-corrected chi connectivity index (χ4v) is 3.29. The third-order valence-electron chi connectivity index (χ3n) is 3.86. The van der Waals surface area contributed by atoms with Gasteiger partial charge >= 0.3 is 0 Å². The first-order valence-corrected chi connectivity index (χ1v) is 7.52. The van der Waals surface area contributed by atoms with Gasteiger partial charge in [0.2, 0.25) is 0 Å². The van der Waals surface area contributed by atoms with Crippen molar-refractivity contribution < 1.29 is 0 Å². The van der Waals surface area contributed by atoms with Gasteiger partial charge in [0, 0.05) is 10.0 Å². The lowest BCUT2D eigenvalue weighted by molar-refractivity contribution is 0.912. The number of fused-ring (bicyclic) bond motifs is 1. The molecule has 0 N–H and O–H groups in total. The summed E-state index contributed by atoms with van der Waals surface area (Å²) in [6, 6.07) is 12.7. The quantitative estimate of drug-likeness (QED) is 0.755. The van der Waals surface area contributed by atoms with Crippen LogP contribution in [0.25, 0.3) is 0 Å². The molecule has 2 aromatic rings. The molecule has 0 atom stereocenters. The molecule has 0 saturated carbocycles. The molecule has 0 heterocycles. The Kier molecular flexibility index (Phi) is 3.86. The van der Waals surface area contributed by atoms with Crippen LogP contribution in [0.1, 0.15) is 23.1 Å². The summed E-state index contributed by atoms with van der Waals surface area (Å²) in [6.07, 6.45) is 4.76. The Morgan fingerprint density at radius 3 is 2.63 bits per heavy atom. The van der Waals surface area contributed by atoms with Gasteiger partial charge in [0.25, 0.3) is 0 Å². The molecule has 0 bridgehead atoms. The van der Waals surface area contributed by atoms with E-state index in [1.165, 1.54) is 35.9 Å². The van der Waals surface area contributed by atoms with Crippen LogP contribution in [0, 0.1) is 0 Å². The van der Waals surface area contributed by atoms with Crippen molar-refractivity contribution in [3.8, 4) is 0 Å². The van der Waals surface area contributed by atoms with Crippen LogP contribution in [0.3, 0.4) is 0 Å². The van der Waals surface area contributed by atoms with Crippen LogP contribution in [0.15, 0.2) is 36.4 Å². The van der Waals surface area contributed by atoms with Crippen LogP contribution in [-0.2, 0) is 19.2 Å². The molecule has 1 aliphatic carbocycles. The van der Waals surface area contributed by atoms with E-state index in [0.717, 1.165) is 18.6 Å².